The van der Waals surface area contributed by atoms with Crippen LogP contribution in [0, 0.1) is 5.82 Å². The highest BCUT2D eigenvalue weighted by Gasteiger charge is 2.17. The van der Waals surface area contributed by atoms with Gasteiger partial charge in [-0.05, 0) is 31.5 Å². The van der Waals surface area contributed by atoms with E-state index in [9.17, 15) is 9.18 Å². The third-order valence-electron chi connectivity index (χ3n) is 4.12. The van der Waals surface area contributed by atoms with Crippen molar-refractivity contribution in [2.45, 2.75) is 26.4 Å². The van der Waals surface area contributed by atoms with Crippen LogP contribution in [-0.4, -0.2) is 21.9 Å². The largest absolute Gasteiger partial charge is 0.350 e. The molecule has 0 spiro atoms. The summed E-state index contributed by atoms with van der Waals surface area (Å²) in [5.41, 5.74) is 1.44. The Hall–Kier alpha value is -3.28. The van der Waals surface area contributed by atoms with E-state index in [1.165, 1.54) is 18.5 Å². The molecule has 1 N–H and O–H groups in total. The SMILES string of the molecule is CC(C)N(Cc1ccccc1)c1cc(C(=O)Nc2ccccc2F)ncn1. The molecule has 0 fully saturated rings. The number of nitrogens with zero attached hydrogens (tertiary/aromatic N) is 3. The van der Waals surface area contributed by atoms with Crippen molar-refractivity contribution in [1.29, 1.82) is 0 Å². The second-order valence-electron chi connectivity index (χ2n) is 6.40. The van der Waals surface area contributed by atoms with E-state index in [4.69, 9.17) is 0 Å². The number of carbonyl (C=O) groups excluding carboxylic acids is 1. The number of hydrogen-bond acceptors (Lipinski definition) is 4. The minimum Gasteiger partial charge on any atom is -0.350 e. The molecule has 3 rings (SSSR count). The summed E-state index contributed by atoms with van der Waals surface area (Å²) in [6, 6.07) is 17.8. The van der Waals surface area contributed by atoms with Crippen LogP contribution in [0.5, 0.6) is 0 Å². The summed E-state index contributed by atoms with van der Waals surface area (Å²) in [5, 5.41) is 2.55. The van der Waals surface area contributed by atoms with Gasteiger partial charge in [-0.25, -0.2) is 14.4 Å². The van der Waals surface area contributed by atoms with Crippen LogP contribution in [-0.2, 0) is 6.54 Å². The molecule has 0 aliphatic rings. The molecule has 1 amide bonds. The van der Waals surface area contributed by atoms with E-state index < -0.39 is 11.7 Å². The van der Waals surface area contributed by atoms with Crippen LogP contribution >= 0.6 is 0 Å². The number of nitrogens with one attached hydrogen (secondary N) is 1. The van der Waals surface area contributed by atoms with Gasteiger partial charge >= 0.3 is 0 Å². The van der Waals surface area contributed by atoms with Gasteiger partial charge < -0.3 is 10.2 Å². The average Bonchev–Trinajstić information content (AvgIpc) is 2.68. The molecule has 0 radical (unpaired) electrons. The minimum absolute atomic E-state index is 0.118. The molecule has 0 saturated heterocycles. The Morgan fingerprint density at radius 2 is 1.78 bits per heavy atom. The third-order valence-corrected chi connectivity index (χ3v) is 4.12. The zero-order valence-corrected chi connectivity index (χ0v) is 15.3. The van der Waals surface area contributed by atoms with Crippen LogP contribution in [0.2, 0.25) is 0 Å². The summed E-state index contributed by atoms with van der Waals surface area (Å²) in [4.78, 5) is 22.9. The van der Waals surface area contributed by atoms with E-state index in [0.29, 0.717) is 12.4 Å². The fourth-order valence-electron chi connectivity index (χ4n) is 2.69. The van der Waals surface area contributed by atoms with Crippen LogP contribution < -0.4 is 10.2 Å². The molecule has 138 valence electrons. The molecule has 0 aliphatic carbocycles. The summed E-state index contributed by atoms with van der Waals surface area (Å²) < 4.78 is 13.8. The fraction of sp³-hybridized carbons (Fsp3) is 0.190. The van der Waals surface area contributed by atoms with E-state index in [-0.39, 0.29) is 17.4 Å². The number of carbonyl (C=O) groups is 1. The Morgan fingerprint density at radius 1 is 1.07 bits per heavy atom. The van der Waals surface area contributed by atoms with Crippen LogP contribution in [0.3, 0.4) is 0 Å². The zero-order chi connectivity index (χ0) is 19.2. The first-order valence-electron chi connectivity index (χ1n) is 8.73. The quantitative estimate of drug-likeness (QED) is 0.709. The number of anilines is 2. The molecule has 0 unspecified atom stereocenters. The summed E-state index contributed by atoms with van der Waals surface area (Å²) in [7, 11) is 0. The Morgan fingerprint density at radius 3 is 2.48 bits per heavy atom. The smallest absolute Gasteiger partial charge is 0.274 e. The van der Waals surface area contributed by atoms with Crippen molar-refractivity contribution in [2.75, 3.05) is 10.2 Å². The maximum Gasteiger partial charge on any atom is 0.274 e. The average molecular weight is 364 g/mol. The van der Waals surface area contributed by atoms with Crippen LogP contribution in [0.4, 0.5) is 15.9 Å². The van der Waals surface area contributed by atoms with Gasteiger partial charge in [0.1, 0.15) is 23.7 Å². The van der Waals surface area contributed by atoms with Crippen molar-refractivity contribution >= 4 is 17.4 Å². The molecule has 1 aromatic heterocycles. The van der Waals surface area contributed by atoms with Crippen molar-refractivity contribution in [3.8, 4) is 0 Å². The lowest BCUT2D eigenvalue weighted by Crippen LogP contribution is -2.31. The molecule has 3 aromatic rings. The van der Waals surface area contributed by atoms with Gasteiger partial charge in [-0.1, -0.05) is 42.5 Å². The Kier molecular flexibility index (Phi) is 5.76. The van der Waals surface area contributed by atoms with E-state index in [0.717, 1.165) is 5.56 Å². The van der Waals surface area contributed by atoms with Crippen molar-refractivity contribution in [1.82, 2.24) is 9.97 Å². The highest BCUT2D eigenvalue weighted by Crippen LogP contribution is 2.19. The molecular formula is C21H21FN4O. The molecule has 6 heteroatoms. The van der Waals surface area contributed by atoms with Gasteiger partial charge in [0.25, 0.3) is 5.91 Å². The standard InChI is InChI=1S/C21H21FN4O/c1-15(2)26(13-16-8-4-3-5-9-16)20-12-19(23-14-24-20)21(27)25-18-11-7-6-10-17(18)22/h3-12,14-15H,13H2,1-2H3,(H,25,27). The van der Waals surface area contributed by atoms with Crippen molar-refractivity contribution in [3.05, 3.63) is 84.1 Å². The van der Waals surface area contributed by atoms with E-state index in [1.807, 2.05) is 30.3 Å². The molecule has 1 heterocycles. The predicted molar refractivity (Wildman–Crippen MR) is 104 cm³/mol. The van der Waals surface area contributed by atoms with Gasteiger partial charge in [0.15, 0.2) is 0 Å². The number of amides is 1. The first-order valence-corrected chi connectivity index (χ1v) is 8.73. The van der Waals surface area contributed by atoms with Gasteiger partial charge in [0.05, 0.1) is 5.69 Å². The monoisotopic (exact) mass is 364 g/mol. The normalized spacial score (nSPS) is 10.7. The predicted octanol–water partition coefficient (Wildman–Crippen LogP) is 4.28. The second-order valence-corrected chi connectivity index (χ2v) is 6.40. The van der Waals surface area contributed by atoms with Gasteiger partial charge in [-0.2, -0.15) is 0 Å². The fourth-order valence-corrected chi connectivity index (χ4v) is 2.69. The molecule has 27 heavy (non-hydrogen) atoms. The van der Waals surface area contributed by atoms with Crippen molar-refractivity contribution in [2.24, 2.45) is 0 Å². The van der Waals surface area contributed by atoms with E-state index in [2.05, 4.69) is 34.0 Å². The van der Waals surface area contributed by atoms with Crippen molar-refractivity contribution < 1.29 is 9.18 Å². The highest BCUT2D eigenvalue weighted by molar-refractivity contribution is 6.03. The lowest BCUT2D eigenvalue weighted by Gasteiger charge is -2.28. The molecule has 2 aromatic carbocycles. The Balaban J connectivity index is 1.82. The lowest BCUT2D eigenvalue weighted by molar-refractivity contribution is 0.102. The number of benzene rings is 2. The molecule has 0 aliphatic heterocycles. The Bertz CT molecular complexity index is 915. The second kappa shape index (κ2) is 8.40. The van der Waals surface area contributed by atoms with Crippen LogP contribution in [0.15, 0.2) is 67.0 Å². The lowest BCUT2D eigenvalue weighted by atomic mass is 10.2. The molecule has 0 bridgehead atoms. The van der Waals surface area contributed by atoms with Crippen LogP contribution in [0.25, 0.3) is 0 Å². The maximum absolute atomic E-state index is 13.8. The minimum atomic E-state index is -0.493. The number of para-hydroxylation sites is 1. The van der Waals surface area contributed by atoms with Gasteiger partial charge in [0.2, 0.25) is 0 Å². The maximum atomic E-state index is 13.8. The summed E-state index contributed by atoms with van der Waals surface area (Å²) in [5.74, 6) is -0.331. The van der Waals surface area contributed by atoms with E-state index >= 15 is 0 Å². The number of halogens is 1. The first-order chi connectivity index (χ1) is 13.0. The Labute approximate surface area is 157 Å². The molecule has 5 nitrogen and oxygen atoms in total. The van der Waals surface area contributed by atoms with E-state index in [1.54, 1.807) is 18.2 Å². The summed E-state index contributed by atoms with van der Waals surface area (Å²) >= 11 is 0. The van der Waals surface area contributed by atoms with Gasteiger partial charge in [-0.15, -0.1) is 0 Å². The zero-order valence-electron chi connectivity index (χ0n) is 15.3. The molecule has 0 saturated carbocycles. The topological polar surface area (TPSA) is 58.1 Å². The van der Waals surface area contributed by atoms with Crippen LogP contribution in [0.1, 0.15) is 29.9 Å². The number of hydrogen-bond donors (Lipinski definition) is 1. The summed E-state index contributed by atoms with van der Waals surface area (Å²) in [6.45, 7) is 4.78. The van der Waals surface area contributed by atoms with Crippen molar-refractivity contribution in [3.63, 3.8) is 0 Å². The molecule has 0 atom stereocenters. The third kappa shape index (κ3) is 4.67. The number of rotatable bonds is 6. The first kappa shape index (κ1) is 18.5. The highest BCUT2D eigenvalue weighted by atomic mass is 19.1. The number of aromatic nitrogens is 2. The summed E-state index contributed by atoms with van der Waals surface area (Å²) in [6.07, 6.45) is 1.35. The van der Waals surface area contributed by atoms with Gasteiger partial charge in [-0.3, -0.25) is 4.79 Å². The van der Waals surface area contributed by atoms with Gasteiger partial charge in [0, 0.05) is 18.7 Å². The molecular weight excluding hydrogens is 343 g/mol.